The summed E-state index contributed by atoms with van der Waals surface area (Å²) < 4.78 is 5.14. The van der Waals surface area contributed by atoms with Crippen molar-refractivity contribution < 1.29 is 9.53 Å². The third-order valence-electron chi connectivity index (χ3n) is 2.41. The third kappa shape index (κ3) is 8.09. The summed E-state index contributed by atoms with van der Waals surface area (Å²) >= 11 is 6.88. The molecule has 0 heterocycles. The van der Waals surface area contributed by atoms with Crippen LogP contribution in [0.25, 0.3) is 0 Å². The van der Waals surface area contributed by atoms with Gasteiger partial charge in [0, 0.05) is 23.7 Å². The van der Waals surface area contributed by atoms with E-state index in [1.54, 1.807) is 11.8 Å². The van der Waals surface area contributed by atoms with Crippen molar-refractivity contribution in [2.75, 3.05) is 24.7 Å². The highest BCUT2D eigenvalue weighted by Crippen LogP contribution is 2.18. The highest BCUT2D eigenvalue weighted by atomic mass is 32.2. The van der Waals surface area contributed by atoms with Gasteiger partial charge in [0.2, 0.25) is 0 Å². The number of carbonyl (C=O) groups excluding carboxylic acids is 1. The molecule has 0 saturated heterocycles. The van der Waals surface area contributed by atoms with Gasteiger partial charge in [-0.2, -0.15) is 0 Å². The number of rotatable bonds is 5. The number of thioether (sulfide) groups is 1. The first-order chi connectivity index (χ1) is 10.3. The number of hydrogen-bond acceptors (Lipinski definition) is 4. The lowest BCUT2D eigenvalue weighted by Gasteiger charge is -2.19. The van der Waals surface area contributed by atoms with Crippen LogP contribution in [0.4, 0.5) is 10.5 Å². The number of anilines is 1. The zero-order valence-corrected chi connectivity index (χ0v) is 15.0. The van der Waals surface area contributed by atoms with Crippen molar-refractivity contribution in [1.82, 2.24) is 10.6 Å². The van der Waals surface area contributed by atoms with Crippen LogP contribution in [0.5, 0.6) is 0 Å². The lowest BCUT2D eigenvalue weighted by molar-refractivity contribution is 0.0529. The van der Waals surface area contributed by atoms with Gasteiger partial charge in [0.15, 0.2) is 5.11 Å². The fraction of sp³-hybridized carbons (Fsp3) is 0.467. The first-order valence-electron chi connectivity index (χ1n) is 6.96. The van der Waals surface area contributed by atoms with Gasteiger partial charge in [-0.25, -0.2) is 4.79 Å². The summed E-state index contributed by atoms with van der Waals surface area (Å²) in [6.45, 7) is 6.43. The first-order valence-corrected chi connectivity index (χ1v) is 8.59. The molecule has 0 bridgehead atoms. The fourth-order valence-corrected chi connectivity index (χ4v) is 2.21. The quantitative estimate of drug-likeness (QED) is 0.434. The molecule has 122 valence electrons. The molecule has 1 rings (SSSR count). The van der Waals surface area contributed by atoms with Gasteiger partial charge in [-0.15, -0.1) is 11.8 Å². The SMILES string of the molecule is CSc1cccc(NC(=S)NCCNC(=O)OC(C)(C)C)c1. The maximum atomic E-state index is 11.5. The van der Waals surface area contributed by atoms with Crippen molar-refractivity contribution in [3.05, 3.63) is 24.3 Å². The van der Waals surface area contributed by atoms with E-state index in [0.29, 0.717) is 18.2 Å². The molecule has 0 aliphatic rings. The fourth-order valence-electron chi connectivity index (χ4n) is 1.53. The Morgan fingerprint density at radius 1 is 1.27 bits per heavy atom. The predicted octanol–water partition coefficient (Wildman–Crippen LogP) is 3.22. The molecule has 0 aromatic heterocycles. The van der Waals surface area contributed by atoms with Crippen LogP contribution in [0.1, 0.15) is 20.8 Å². The number of thiocarbonyl (C=S) groups is 1. The minimum absolute atomic E-state index is 0.430. The summed E-state index contributed by atoms with van der Waals surface area (Å²) in [6, 6.07) is 7.99. The Balaban J connectivity index is 2.25. The van der Waals surface area contributed by atoms with Gasteiger partial charge in [-0.3, -0.25) is 0 Å². The van der Waals surface area contributed by atoms with Crippen molar-refractivity contribution in [3.63, 3.8) is 0 Å². The number of amides is 1. The molecule has 1 aromatic rings. The summed E-state index contributed by atoms with van der Waals surface area (Å²) in [5, 5.41) is 9.32. The Morgan fingerprint density at radius 2 is 1.95 bits per heavy atom. The second kappa shape index (κ2) is 8.85. The molecule has 1 amide bonds. The normalized spacial score (nSPS) is 10.7. The highest BCUT2D eigenvalue weighted by molar-refractivity contribution is 7.98. The molecule has 1 aromatic carbocycles. The van der Waals surface area contributed by atoms with E-state index in [-0.39, 0.29) is 0 Å². The van der Waals surface area contributed by atoms with Crippen LogP contribution in [0, 0.1) is 0 Å². The minimum atomic E-state index is -0.489. The molecule has 0 fully saturated rings. The minimum Gasteiger partial charge on any atom is -0.444 e. The van der Waals surface area contributed by atoms with E-state index in [1.165, 1.54) is 4.90 Å². The predicted molar refractivity (Wildman–Crippen MR) is 96.7 cm³/mol. The molecule has 0 spiro atoms. The Hall–Kier alpha value is -1.47. The third-order valence-corrected chi connectivity index (χ3v) is 3.38. The van der Waals surface area contributed by atoms with Crippen LogP contribution >= 0.6 is 24.0 Å². The lowest BCUT2D eigenvalue weighted by Crippen LogP contribution is -2.39. The molecular formula is C15H23N3O2S2. The van der Waals surface area contributed by atoms with E-state index in [9.17, 15) is 4.79 Å². The van der Waals surface area contributed by atoms with Crippen molar-refractivity contribution in [3.8, 4) is 0 Å². The number of carbonyl (C=O) groups is 1. The van der Waals surface area contributed by atoms with Gasteiger partial charge >= 0.3 is 6.09 Å². The average Bonchev–Trinajstić information content (AvgIpc) is 2.42. The molecule has 0 saturated carbocycles. The Morgan fingerprint density at radius 3 is 2.59 bits per heavy atom. The molecule has 3 N–H and O–H groups in total. The summed E-state index contributed by atoms with van der Waals surface area (Å²) in [4.78, 5) is 12.6. The molecule has 5 nitrogen and oxygen atoms in total. The van der Waals surface area contributed by atoms with Gasteiger partial charge in [0.05, 0.1) is 0 Å². The van der Waals surface area contributed by atoms with Crippen molar-refractivity contribution in [2.24, 2.45) is 0 Å². The van der Waals surface area contributed by atoms with E-state index >= 15 is 0 Å². The van der Waals surface area contributed by atoms with E-state index in [0.717, 1.165) is 5.69 Å². The smallest absolute Gasteiger partial charge is 0.407 e. The molecule has 0 aliphatic heterocycles. The Bertz CT molecular complexity index is 516. The molecule has 0 aliphatic carbocycles. The monoisotopic (exact) mass is 341 g/mol. The first kappa shape index (κ1) is 18.6. The molecule has 0 unspecified atom stereocenters. The number of hydrogen-bond donors (Lipinski definition) is 3. The lowest BCUT2D eigenvalue weighted by atomic mass is 10.2. The molecule has 0 atom stereocenters. The zero-order chi connectivity index (χ0) is 16.6. The highest BCUT2D eigenvalue weighted by Gasteiger charge is 2.15. The standard InChI is InChI=1S/C15H23N3O2S2/c1-15(2,3)20-14(19)17-9-8-16-13(21)18-11-6-5-7-12(10-11)22-4/h5-7,10H,8-9H2,1-4H3,(H,17,19)(H2,16,18,21). The molecule has 7 heteroatoms. The van der Waals surface area contributed by atoms with Gasteiger partial charge in [0.25, 0.3) is 0 Å². The molecular weight excluding hydrogens is 318 g/mol. The van der Waals surface area contributed by atoms with Crippen LogP contribution in [0.2, 0.25) is 0 Å². The van der Waals surface area contributed by atoms with Crippen LogP contribution in [-0.4, -0.2) is 36.2 Å². The van der Waals surface area contributed by atoms with Crippen LogP contribution in [0.3, 0.4) is 0 Å². The Labute approximate surface area is 141 Å². The maximum Gasteiger partial charge on any atom is 0.407 e. The molecule has 0 radical (unpaired) electrons. The number of alkyl carbamates (subject to hydrolysis) is 1. The van der Waals surface area contributed by atoms with Gasteiger partial charge in [-0.05, 0) is 57.4 Å². The van der Waals surface area contributed by atoms with Gasteiger partial charge < -0.3 is 20.7 Å². The number of ether oxygens (including phenoxy) is 1. The number of benzene rings is 1. The molecule has 22 heavy (non-hydrogen) atoms. The van der Waals surface area contributed by atoms with Crippen LogP contribution in [-0.2, 0) is 4.74 Å². The maximum absolute atomic E-state index is 11.5. The van der Waals surface area contributed by atoms with Crippen molar-refractivity contribution in [1.29, 1.82) is 0 Å². The summed E-state index contributed by atoms with van der Waals surface area (Å²) in [5.74, 6) is 0. The Kier molecular flexibility index (Phi) is 7.47. The average molecular weight is 342 g/mol. The van der Waals surface area contributed by atoms with E-state index < -0.39 is 11.7 Å². The van der Waals surface area contributed by atoms with E-state index in [4.69, 9.17) is 17.0 Å². The van der Waals surface area contributed by atoms with Gasteiger partial charge in [-0.1, -0.05) is 6.07 Å². The van der Waals surface area contributed by atoms with Crippen LogP contribution in [0.15, 0.2) is 29.2 Å². The van der Waals surface area contributed by atoms with Gasteiger partial charge in [0.1, 0.15) is 5.60 Å². The topological polar surface area (TPSA) is 62.4 Å². The largest absolute Gasteiger partial charge is 0.444 e. The summed E-state index contributed by atoms with van der Waals surface area (Å²) in [6.07, 6.45) is 1.60. The van der Waals surface area contributed by atoms with E-state index in [1.807, 2.05) is 51.3 Å². The summed E-state index contributed by atoms with van der Waals surface area (Å²) in [5.41, 5.74) is 0.445. The van der Waals surface area contributed by atoms with E-state index in [2.05, 4.69) is 16.0 Å². The van der Waals surface area contributed by atoms with Crippen molar-refractivity contribution in [2.45, 2.75) is 31.3 Å². The van der Waals surface area contributed by atoms with Crippen LogP contribution < -0.4 is 16.0 Å². The second-order valence-corrected chi connectivity index (χ2v) is 6.83. The zero-order valence-electron chi connectivity index (χ0n) is 13.4. The number of nitrogens with one attached hydrogen (secondary N) is 3. The summed E-state index contributed by atoms with van der Waals surface area (Å²) in [7, 11) is 0. The van der Waals surface area contributed by atoms with Crippen molar-refractivity contribution >= 4 is 40.9 Å². The second-order valence-electron chi connectivity index (χ2n) is 5.54.